The molecule has 0 spiro atoms. The van der Waals surface area contributed by atoms with E-state index in [0.717, 1.165) is 34.6 Å². The molecule has 2 aromatic heterocycles. The maximum Gasteiger partial charge on any atom is 0.516 e. The van der Waals surface area contributed by atoms with Crippen LogP contribution in [0.4, 0.5) is 0 Å². The zero-order valence-corrected chi connectivity index (χ0v) is 16.0. The van der Waals surface area contributed by atoms with E-state index >= 15 is 0 Å². The molecule has 134 valence electrons. The van der Waals surface area contributed by atoms with Crippen LogP contribution in [0.15, 0.2) is 42.6 Å². The zero-order valence-electron chi connectivity index (χ0n) is 16.0. The molecule has 0 saturated carbocycles. The molecule has 0 atom stereocenters. The normalized spacial score (nSPS) is 18.6. The van der Waals surface area contributed by atoms with Crippen molar-refractivity contribution in [3.63, 3.8) is 0 Å². The van der Waals surface area contributed by atoms with Gasteiger partial charge in [-0.15, -0.1) is 0 Å². The molecule has 0 amide bonds. The Bertz CT molecular complexity index is 949. The Labute approximate surface area is 154 Å². The second-order valence-corrected chi connectivity index (χ2v) is 7.70. The molecule has 0 bridgehead atoms. The monoisotopic (exact) mass is 349 g/mol. The van der Waals surface area contributed by atoms with Crippen molar-refractivity contribution in [2.24, 2.45) is 0 Å². The molecule has 4 rings (SSSR count). The van der Waals surface area contributed by atoms with Crippen LogP contribution in [0, 0.1) is 0 Å². The SMILES string of the molecule is CCc1nc2ccccc2n1-c1cccnc1B1OC(C)(C)C(C)(C)O1. The van der Waals surface area contributed by atoms with E-state index in [1.165, 1.54) is 0 Å². The second kappa shape index (κ2) is 5.93. The minimum atomic E-state index is -0.512. The zero-order chi connectivity index (χ0) is 18.5. The highest BCUT2D eigenvalue weighted by Crippen LogP contribution is 2.37. The van der Waals surface area contributed by atoms with E-state index in [4.69, 9.17) is 14.3 Å². The summed E-state index contributed by atoms with van der Waals surface area (Å²) < 4.78 is 14.7. The molecular weight excluding hydrogens is 325 g/mol. The fraction of sp³-hybridized carbons (Fsp3) is 0.400. The van der Waals surface area contributed by atoms with Crippen LogP contribution < -0.4 is 5.59 Å². The number of aryl methyl sites for hydroxylation is 1. The van der Waals surface area contributed by atoms with Crippen molar-refractivity contribution < 1.29 is 9.31 Å². The Morgan fingerprint density at radius 3 is 2.38 bits per heavy atom. The highest BCUT2D eigenvalue weighted by atomic mass is 16.7. The van der Waals surface area contributed by atoms with Crippen LogP contribution in [0.25, 0.3) is 16.7 Å². The first kappa shape index (κ1) is 17.2. The first-order valence-electron chi connectivity index (χ1n) is 9.11. The molecule has 1 aliphatic heterocycles. The molecular formula is C20H24BN3O2. The number of rotatable bonds is 3. The van der Waals surface area contributed by atoms with Crippen molar-refractivity contribution in [3.8, 4) is 5.69 Å². The van der Waals surface area contributed by atoms with Gasteiger partial charge in [-0.25, -0.2) is 4.98 Å². The van der Waals surface area contributed by atoms with Crippen LogP contribution >= 0.6 is 0 Å². The second-order valence-electron chi connectivity index (χ2n) is 7.70. The quantitative estimate of drug-likeness (QED) is 0.681. The maximum absolute atomic E-state index is 6.26. The van der Waals surface area contributed by atoms with E-state index in [9.17, 15) is 0 Å². The van der Waals surface area contributed by atoms with Crippen LogP contribution in [0.1, 0.15) is 40.4 Å². The molecule has 1 aliphatic rings. The lowest BCUT2D eigenvalue weighted by molar-refractivity contribution is 0.00578. The van der Waals surface area contributed by atoms with Crippen LogP contribution in [0.2, 0.25) is 0 Å². The smallest absolute Gasteiger partial charge is 0.398 e. The molecule has 1 fully saturated rings. The number of benzene rings is 1. The summed E-state index contributed by atoms with van der Waals surface area (Å²) in [6, 6.07) is 12.2. The summed E-state index contributed by atoms with van der Waals surface area (Å²) in [5.74, 6) is 0.997. The van der Waals surface area contributed by atoms with Gasteiger partial charge in [0.25, 0.3) is 0 Å². The van der Waals surface area contributed by atoms with Gasteiger partial charge in [-0.1, -0.05) is 19.1 Å². The molecule has 0 unspecified atom stereocenters. The summed E-state index contributed by atoms with van der Waals surface area (Å²) >= 11 is 0. The van der Waals surface area contributed by atoms with Crippen molar-refractivity contribution >= 4 is 23.7 Å². The number of pyridine rings is 1. The Hall–Kier alpha value is -2.18. The number of imidazole rings is 1. The summed E-state index contributed by atoms with van der Waals surface area (Å²) in [6.07, 6.45) is 2.61. The topological polar surface area (TPSA) is 49.2 Å². The van der Waals surface area contributed by atoms with Gasteiger partial charge < -0.3 is 9.31 Å². The van der Waals surface area contributed by atoms with Crippen molar-refractivity contribution in [2.45, 2.75) is 52.2 Å². The molecule has 1 saturated heterocycles. The molecule has 0 N–H and O–H groups in total. The standard InChI is InChI=1S/C20H24BN3O2/c1-6-17-23-14-10-7-8-11-15(14)24(17)16-12-9-13-22-18(16)21-25-19(2,3)20(4,5)26-21/h7-13H,6H2,1-5H3. The number of nitrogens with zero attached hydrogens (tertiary/aromatic N) is 3. The highest BCUT2D eigenvalue weighted by molar-refractivity contribution is 6.62. The predicted octanol–water partition coefficient (Wildman–Crippen LogP) is 3.28. The number of fused-ring (bicyclic) bond motifs is 1. The Balaban J connectivity index is 1.89. The van der Waals surface area contributed by atoms with E-state index in [1.54, 1.807) is 6.20 Å². The van der Waals surface area contributed by atoms with Gasteiger partial charge >= 0.3 is 7.12 Å². The van der Waals surface area contributed by atoms with E-state index < -0.39 is 18.3 Å². The van der Waals surface area contributed by atoms with Crippen LogP contribution in [-0.2, 0) is 15.7 Å². The van der Waals surface area contributed by atoms with Gasteiger partial charge in [0, 0.05) is 12.6 Å². The predicted molar refractivity (Wildman–Crippen MR) is 104 cm³/mol. The van der Waals surface area contributed by atoms with E-state index in [2.05, 4.69) is 56.3 Å². The van der Waals surface area contributed by atoms with Gasteiger partial charge in [0.1, 0.15) is 5.82 Å². The van der Waals surface area contributed by atoms with Gasteiger partial charge in [0.15, 0.2) is 0 Å². The van der Waals surface area contributed by atoms with Gasteiger partial charge in [-0.05, 0) is 52.0 Å². The fourth-order valence-electron chi connectivity index (χ4n) is 3.32. The van der Waals surface area contributed by atoms with E-state index in [-0.39, 0.29) is 0 Å². The third-order valence-electron chi connectivity index (χ3n) is 5.48. The summed E-state index contributed by atoms with van der Waals surface area (Å²) in [6.45, 7) is 10.3. The van der Waals surface area contributed by atoms with E-state index in [0.29, 0.717) is 0 Å². The lowest BCUT2D eigenvalue weighted by Gasteiger charge is -2.32. The molecule has 3 heterocycles. The van der Waals surface area contributed by atoms with Gasteiger partial charge in [-0.2, -0.15) is 0 Å². The molecule has 0 radical (unpaired) electrons. The molecule has 1 aromatic carbocycles. The third kappa shape index (κ3) is 2.56. The Morgan fingerprint density at radius 1 is 1.00 bits per heavy atom. The lowest BCUT2D eigenvalue weighted by Crippen LogP contribution is -2.41. The number of aromatic nitrogens is 3. The lowest BCUT2D eigenvalue weighted by atomic mass is 9.82. The first-order chi connectivity index (χ1) is 12.3. The van der Waals surface area contributed by atoms with Gasteiger partial charge in [0.2, 0.25) is 0 Å². The average molecular weight is 349 g/mol. The Kier molecular flexibility index (Phi) is 3.93. The number of para-hydroxylation sites is 2. The molecule has 0 aliphatic carbocycles. The average Bonchev–Trinajstić information content (AvgIpc) is 3.08. The summed E-state index contributed by atoms with van der Waals surface area (Å²) in [5, 5.41) is 0. The summed E-state index contributed by atoms with van der Waals surface area (Å²) in [7, 11) is -0.512. The molecule has 6 heteroatoms. The first-order valence-corrected chi connectivity index (χ1v) is 9.11. The van der Waals surface area contributed by atoms with Crippen molar-refractivity contribution in [3.05, 3.63) is 48.4 Å². The minimum Gasteiger partial charge on any atom is -0.398 e. The van der Waals surface area contributed by atoms with Crippen LogP contribution in [0.3, 0.4) is 0 Å². The molecule has 26 heavy (non-hydrogen) atoms. The highest BCUT2D eigenvalue weighted by Gasteiger charge is 2.53. The van der Waals surface area contributed by atoms with Crippen molar-refractivity contribution in [1.29, 1.82) is 0 Å². The van der Waals surface area contributed by atoms with Crippen molar-refractivity contribution in [2.75, 3.05) is 0 Å². The number of hydrogen-bond acceptors (Lipinski definition) is 4. The third-order valence-corrected chi connectivity index (χ3v) is 5.48. The van der Waals surface area contributed by atoms with Crippen molar-refractivity contribution in [1.82, 2.24) is 14.5 Å². The minimum absolute atomic E-state index is 0.406. The van der Waals surface area contributed by atoms with E-state index in [1.807, 2.05) is 24.3 Å². The summed E-state index contributed by atoms with van der Waals surface area (Å²) in [4.78, 5) is 9.42. The van der Waals surface area contributed by atoms with Crippen LogP contribution in [-0.4, -0.2) is 32.9 Å². The van der Waals surface area contributed by atoms with Gasteiger partial charge in [0.05, 0.1) is 33.5 Å². The molecule has 3 aromatic rings. The van der Waals surface area contributed by atoms with Gasteiger partial charge in [-0.3, -0.25) is 9.55 Å². The maximum atomic E-state index is 6.26. The summed E-state index contributed by atoms with van der Waals surface area (Å²) in [5.41, 5.74) is 2.97. The number of hydrogen-bond donors (Lipinski definition) is 0. The Morgan fingerprint density at radius 2 is 1.69 bits per heavy atom. The molecule has 5 nitrogen and oxygen atoms in total. The van der Waals surface area contributed by atoms with Crippen LogP contribution in [0.5, 0.6) is 0 Å². The largest absolute Gasteiger partial charge is 0.516 e. The fourth-order valence-corrected chi connectivity index (χ4v) is 3.32.